The summed E-state index contributed by atoms with van der Waals surface area (Å²) in [5.74, 6) is -5.20. The molecular formula is C27H28F5N3O4. The standard InChI is InChI=1S/C27H28F5N3O4/c1-38-17-2-3-22-18(14-17)24(21(31)15-33-22)19(29)4-5-27(26(36)34-37)6-8-35(9-7-27)10-11-39-23-13-16(28)12-20(30)25(23)32/h2-3,12-15,19,37H,4-11H2,1H3,(H,34,36)/t19-/m1/s1. The number of nitrogens with zero attached hydrogens (tertiary/aromatic N) is 2. The minimum Gasteiger partial charge on any atom is -0.497 e. The molecule has 7 nitrogen and oxygen atoms in total. The van der Waals surface area contributed by atoms with Gasteiger partial charge in [0.2, 0.25) is 11.7 Å². The molecule has 12 heteroatoms. The first-order valence-electron chi connectivity index (χ1n) is 12.4. The number of likely N-dealkylation sites (tertiary alicyclic amines) is 1. The average molecular weight is 554 g/mol. The first kappa shape index (κ1) is 28.5. The number of benzene rings is 2. The van der Waals surface area contributed by atoms with Gasteiger partial charge in [-0.3, -0.25) is 19.9 Å². The molecule has 3 aromatic rings. The minimum absolute atomic E-state index is 0.0336. The van der Waals surface area contributed by atoms with Crippen LogP contribution in [0.25, 0.3) is 10.9 Å². The first-order valence-corrected chi connectivity index (χ1v) is 12.4. The summed E-state index contributed by atoms with van der Waals surface area (Å²) in [5, 5.41) is 9.65. The Balaban J connectivity index is 1.40. The summed E-state index contributed by atoms with van der Waals surface area (Å²) in [5.41, 5.74) is 0.793. The molecule has 0 aliphatic carbocycles. The van der Waals surface area contributed by atoms with Crippen molar-refractivity contribution in [3.63, 3.8) is 0 Å². The molecule has 0 saturated carbocycles. The van der Waals surface area contributed by atoms with Crippen LogP contribution in [0.3, 0.4) is 0 Å². The summed E-state index contributed by atoms with van der Waals surface area (Å²) in [7, 11) is 1.44. The van der Waals surface area contributed by atoms with Crippen LogP contribution in [-0.2, 0) is 4.79 Å². The van der Waals surface area contributed by atoms with Crippen LogP contribution >= 0.6 is 0 Å². The molecule has 0 radical (unpaired) electrons. The number of amides is 1. The monoisotopic (exact) mass is 553 g/mol. The van der Waals surface area contributed by atoms with Gasteiger partial charge >= 0.3 is 0 Å². The van der Waals surface area contributed by atoms with Crippen molar-refractivity contribution < 1.29 is 41.4 Å². The van der Waals surface area contributed by atoms with E-state index in [9.17, 15) is 27.6 Å². The van der Waals surface area contributed by atoms with E-state index < -0.39 is 46.5 Å². The SMILES string of the molecule is COc1ccc2ncc(F)c([C@H](F)CCC3(C(=O)NO)CCN(CCOc4cc(F)cc(F)c4F)CC3)c2c1. The molecule has 1 amide bonds. The summed E-state index contributed by atoms with van der Waals surface area (Å²) in [6, 6.07) is 5.92. The summed E-state index contributed by atoms with van der Waals surface area (Å²) in [4.78, 5) is 18.6. The van der Waals surface area contributed by atoms with Gasteiger partial charge in [-0.2, -0.15) is 4.39 Å². The van der Waals surface area contributed by atoms with E-state index in [1.165, 1.54) is 13.2 Å². The van der Waals surface area contributed by atoms with Crippen molar-refractivity contribution in [1.82, 2.24) is 15.4 Å². The molecule has 2 aromatic carbocycles. The maximum Gasteiger partial charge on any atom is 0.249 e. The molecule has 1 aliphatic rings. The van der Waals surface area contributed by atoms with Crippen molar-refractivity contribution >= 4 is 16.8 Å². The first-order chi connectivity index (χ1) is 18.7. The Morgan fingerprint density at radius 3 is 2.59 bits per heavy atom. The van der Waals surface area contributed by atoms with E-state index in [2.05, 4.69) is 4.98 Å². The molecule has 4 rings (SSSR count). The van der Waals surface area contributed by atoms with Crippen LogP contribution in [0.1, 0.15) is 37.4 Å². The zero-order chi connectivity index (χ0) is 28.2. The fraction of sp³-hybridized carbons (Fsp3) is 0.407. The van der Waals surface area contributed by atoms with E-state index in [0.717, 1.165) is 12.3 Å². The van der Waals surface area contributed by atoms with Crippen LogP contribution in [0, 0.1) is 28.7 Å². The van der Waals surface area contributed by atoms with Gasteiger partial charge in [0.15, 0.2) is 11.6 Å². The highest BCUT2D eigenvalue weighted by molar-refractivity contribution is 5.84. The Kier molecular flexibility index (Phi) is 8.86. The van der Waals surface area contributed by atoms with Gasteiger partial charge in [0, 0.05) is 29.6 Å². The molecule has 1 aliphatic heterocycles. The van der Waals surface area contributed by atoms with Crippen molar-refractivity contribution in [2.75, 3.05) is 33.4 Å². The van der Waals surface area contributed by atoms with Gasteiger partial charge in [-0.25, -0.2) is 23.0 Å². The number of halogens is 5. The third-order valence-corrected chi connectivity index (χ3v) is 7.28. The number of fused-ring (bicyclic) bond motifs is 1. The van der Waals surface area contributed by atoms with E-state index in [-0.39, 0.29) is 49.8 Å². The highest BCUT2D eigenvalue weighted by atomic mass is 19.2. The van der Waals surface area contributed by atoms with Gasteiger partial charge in [-0.05, 0) is 57.0 Å². The van der Waals surface area contributed by atoms with Gasteiger partial charge in [0.1, 0.15) is 30.2 Å². The molecule has 1 fully saturated rings. The summed E-state index contributed by atoms with van der Waals surface area (Å²) < 4.78 is 81.1. The Morgan fingerprint density at radius 2 is 1.90 bits per heavy atom. The number of pyridine rings is 1. The number of carbonyl (C=O) groups excluding carboxylic acids is 1. The fourth-order valence-corrected chi connectivity index (χ4v) is 5.00. The molecule has 1 saturated heterocycles. The van der Waals surface area contributed by atoms with Crippen molar-refractivity contribution in [3.8, 4) is 11.5 Å². The molecule has 0 unspecified atom stereocenters. The third kappa shape index (κ3) is 6.22. The minimum atomic E-state index is -1.75. The van der Waals surface area contributed by atoms with Crippen molar-refractivity contribution in [2.45, 2.75) is 31.9 Å². The van der Waals surface area contributed by atoms with Crippen LogP contribution in [0.5, 0.6) is 11.5 Å². The maximum atomic E-state index is 15.5. The molecule has 0 spiro atoms. The molecule has 1 aromatic heterocycles. The lowest BCUT2D eigenvalue weighted by Crippen LogP contribution is -2.49. The van der Waals surface area contributed by atoms with E-state index in [1.54, 1.807) is 17.6 Å². The van der Waals surface area contributed by atoms with Gasteiger partial charge in [0.05, 0.1) is 24.2 Å². The van der Waals surface area contributed by atoms with Crippen LogP contribution in [0.2, 0.25) is 0 Å². The molecule has 2 N–H and O–H groups in total. The predicted molar refractivity (Wildman–Crippen MR) is 131 cm³/mol. The lowest BCUT2D eigenvalue weighted by Gasteiger charge is -2.40. The summed E-state index contributed by atoms with van der Waals surface area (Å²) in [6.45, 7) is 0.925. The highest BCUT2D eigenvalue weighted by Crippen LogP contribution is 2.41. The Bertz CT molecular complexity index is 1330. The normalized spacial score (nSPS) is 16.2. The molecule has 2 heterocycles. The van der Waals surface area contributed by atoms with Crippen LogP contribution in [0.4, 0.5) is 22.0 Å². The number of piperidine rings is 1. The van der Waals surface area contributed by atoms with Crippen LogP contribution < -0.4 is 15.0 Å². The van der Waals surface area contributed by atoms with Crippen LogP contribution in [-0.4, -0.2) is 54.3 Å². The highest BCUT2D eigenvalue weighted by Gasteiger charge is 2.41. The Morgan fingerprint density at radius 1 is 1.15 bits per heavy atom. The maximum absolute atomic E-state index is 15.5. The zero-order valence-corrected chi connectivity index (χ0v) is 21.2. The molecule has 210 valence electrons. The summed E-state index contributed by atoms with van der Waals surface area (Å²) >= 11 is 0. The van der Waals surface area contributed by atoms with Crippen LogP contribution in [0.15, 0.2) is 36.5 Å². The lowest BCUT2D eigenvalue weighted by molar-refractivity contribution is -0.143. The number of nitrogens with one attached hydrogen (secondary N) is 1. The van der Waals surface area contributed by atoms with E-state index in [1.807, 2.05) is 4.90 Å². The number of aromatic nitrogens is 1. The fourth-order valence-electron chi connectivity index (χ4n) is 5.00. The number of rotatable bonds is 10. The van der Waals surface area contributed by atoms with E-state index in [0.29, 0.717) is 30.4 Å². The second-order valence-corrected chi connectivity index (χ2v) is 9.52. The van der Waals surface area contributed by atoms with Gasteiger partial charge in [-0.1, -0.05) is 0 Å². The largest absolute Gasteiger partial charge is 0.497 e. The quantitative estimate of drug-likeness (QED) is 0.154. The smallest absolute Gasteiger partial charge is 0.249 e. The number of methoxy groups -OCH3 is 1. The van der Waals surface area contributed by atoms with Gasteiger partial charge in [-0.15, -0.1) is 0 Å². The number of hydrogen-bond donors (Lipinski definition) is 2. The Hall–Kier alpha value is -3.51. The predicted octanol–water partition coefficient (Wildman–Crippen LogP) is 5.26. The van der Waals surface area contributed by atoms with E-state index >= 15 is 4.39 Å². The molecular weight excluding hydrogens is 525 g/mol. The zero-order valence-electron chi connectivity index (χ0n) is 21.2. The number of hydroxylamine groups is 1. The number of carbonyl (C=O) groups is 1. The molecule has 0 bridgehead atoms. The average Bonchev–Trinajstić information content (AvgIpc) is 2.94. The summed E-state index contributed by atoms with van der Waals surface area (Å²) in [6.07, 6.45) is -0.443. The van der Waals surface area contributed by atoms with Gasteiger partial charge in [0.25, 0.3) is 0 Å². The number of hydrogen-bond acceptors (Lipinski definition) is 6. The van der Waals surface area contributed by atoms with Gasteiger partial charge < -0.3 is 9.47 Å². The molecule has 1 atom stereocenters. The van der Waals surface area contributed by atoms with Crippen molar-refractivity contribution in [3.05, 3.63) is 65.4 Å². The molecule has 39 heavy (non-hydrogen) atoms. The lowest BCUT2D eigenvalue weighted by atomic mass is 9.73. The second kappa shape index (κ2) is 12.1. The second-order valence-electron chi connectivity index (χ2n) is 9.52. The number of alkyl halides is 1. The van der Waals surface area contributed by atoms with Crippen molar-refractivity contribution in [2.24, 2.45) is 5.41 Å². The third-order valence-electron chi connectivity index (χ3n) is 7.28. The Labute approximate surface area is 221 Å². The van der Waals surface area contributed by atoms with E-state index in [4.69, 9.17) is 9.47 Å². The number of ether oxygens (including phenoxy) is 2. The van der Waals surface area contributed by atoms with Crippen molar-refractivity contribution in [1.29, 1.82) is 0 Å². The topological polar surface area (TPSA) is 83.9 Å².